The van der Waals surface area contributed by atoms with E-state index in [1.54, 1.807) is 0 Å². The second-order valence-electron chi connectivity index (χ2n) is 5.35. The lowest BCUT2D eigenvalue weighted by Gasteiger charge is -2.07. The van der Waals surface area contributed by atoms with E-state index in [9.17, 15) is 9.18 Å². The van der Waals surface area contributed by atoms with Crippen LogP contribution in [-0.4, -0.2) is 21.6 Å². The van der Waals surface area contributed by atoms with Crippen LogP contribution in [0.2, 0.25) is 0 Å². The van der Waals surface area contributed by atoms with Crippen LogP contribution in [0.3, 0.4) is 0 Å². The number of carbonyl (C=O) groups is 1. The van der Waals surface area contributed by atoms with Gasteiger partial charge in [-0.15, -0.1) is 0 Å². The van der Waals surface area contributed by atoms with Crippen molar-refractivity contribution >= 4 is 23.4 Å². The summed E-state index contributed by atoms with van der Waals surface area (Å²) in [4.78, 5) is 20.9. The maximum atomic E-state index is 12.9. The molecule has 25 heavy (non-hydrogen) atoms. The third kappa shape index (κ3) is 4.87. The number of rotatable bonds is 5. The van der Waals surface area contributed by atoms with Crippen LogP contribution < -0.4 is 5.32 Å². The number of benzene rings is 2. The first kappa shape index (κ1) is 17.1. The lowest BCUT2D eigenvalue weighted by atomic mass is 10.1. The van der Waals surface area contributed by atoms with Crippen LogP contribution in [0.25, 0.3) is 11.3 Å². The minimum absolute atomic E-state index is 0.172. The molecule has 0 aliphatic heterocycles. The van der Waals surface area contributed by atoms with Gasteiger partial charge in [-0.2, -0.15) is 0 Å². The zero-order chi connectivity index (χ0) is 17.6. The first-order chi connectivity index (χ1) is 12.1. The molecule has 3 aromatic rings. The average molecular weight is 353 g/mol. The smallest absolute Gasteiger partial charge is 0.234 e. The molecule has 126 valence electrons. The molecule has 0 unspecified atom stereocenters. The molecule has 1 heterocycles. The number of nitrogens with zero attached hydrogens (tertiary/aromatic N) is 2. The molecule has 2 aromatic carbocycles. The molecule has 0 fully saturated rings. The summed E-state index contributed by atoms with van der Waals surface area (Å²) in [5.41, 5.74) is 2.40. The molecule has 4 nitrogen and oxygen atoms in total. The summed E-state index contributed by atoms with van der Waals surface area (Å²) >= 11 is 1.34. The highest BCUT2D eigenvalue weighted by atomic mass is 32.2. The normalized spacial score (nSPS) is 10.5. The van der Waals surface area contributed by atoms with Crippen LogP contribution in [0.4, 0.5) is 10.1 Å². The third-order valence-corrected chi connectivity index (χ3v) is 4.27. The van der Waals surface area contributed by atoms with Gasteiger partial charge in [-0.1, -0.05) is 42.1 Å². The van der Waals surface area contributed by atoms with Gasteiger partial charge >= 0.3 is 0 Å². The Balaban J connectivity index is 1.65. The zero-order valence-electron chi connectivity index (χ0n) is 13.6. The molecule has 0 saturated heterocycles. The van der Waals surface area contributed by atoms with Gasteiger partial charge in [-0.3, -0.25) is 4.79 Å². The van der Waals surface area contributed by atoms with Gasteiger partial charge in [-0.05, 0) is 37.3 Å². The number of hydrogen-bond donors (Lipinski definition) is 1. The van der Waals surface area contributed by atoms with Gasteiger partial charge in [0.15, 0.2) is 0 Å². The van der Waals surface area contributed by atoms with Gasteiger partial charge < -0.3 is 5.32 Å². The molecule has 1 aromatic heterocycles. The minimum atomic E-state index is -0.336. The third-order valence-electron chi connectivity index (χ3n) is 3.36. The SMILES string of the molecule is Cc1nc(SCC(=O)Nc2ccc(F)cc2)cc(-c2ccccc2)n1. The fraction of sp³-hybridized carbons (Fsp3) is 0.105. The number of aromatic nitrogens is 2. The van der Waals surface area contributed by atoms with E-state index in [4.69, 9.17) is 0 Å². The van der Waals surface area contributed by atoms with Crippen LogP contribution in [0.15, 0.2) is 65.7 Å². The summed E-state index contributed by atoms with van der Waals surface area (Å²) in [6, 6.07) is 17.4. The Morgan fingerprint density at radius 2 is 1.80 bits per heavy atom. The molecule has 0 radical (unpaired) electrons. The van der Waals surface area contributed by atoms with Gasteiger partial charge in [0.25, 0.3) is 0 Å². The van der Waals surface area contributed by atoms with Crippen LogP contribution in [0.1, 0.15) is 5.82 Å². The summed E-state index contributed by atoms with van der Waals surface area (Å²) in [6.07, 6.45) is 0. The molecule has 0 saturated carbocycles. The Morgan fingerprint density at radius 1 is 1.08 bits per heavy atom. The van der Waals surface area contributed by atoms with Crippen molar-refractivity contribution in [3.8, 4) is 11.3 Å². The second kappa shape index (κ2) is 7.90. The van der Waals surface area contributed by atoms with E-state index in [0.29, 0.717) is 11.5 Å². The number of halogens is 1. The zero-order valence-corrected chi connectivity index (χ0v) is 14.4. The lowest BCUT2D eigenvalue weighted by molar-refractivity contribution is -0.113. The largest absolute Gasteiger partial charge is 0.325 e. The number of carbonyl (C=O) groups excluding carboxylic acids is 1. The topological polar surface area (TPSA) is 54.9 Å². The summed E-state index contributed by atoms with van der Waals surface area (Å²) in [7, 11) is 0. The molecule has 0 atom stereocenters. The van der Waals surface area contributed by atoms with E-state index in [1.807, 2.05) is 43.3 Å². The van der Waals surface area contributed by atoms with E-state index in [-0.39, 0.29) is 17.5 Å². The fourth-order valence-electron chi connectivity index (χ4n) is 2.24. The lowest BCUT2D eigenvalue weighted by Crippen LogP contribution is -2.14. The number of anilines is 1. The fourth-order valence-corrected chi connectivity index (χ4v) is 2.98. The molecule has 0 aliphatic carbocycles. The number of thioether (sulfide) groups is 1. The highest BCUT2D eigenvalue weighted by molar-refractivity contribution is 7.99. The molecule has 0 spiro atoms. The van der Waals surface area contributed by atoms with Crippen molar-refractivity contribution in [1.29, 1.82) is 0 Å². The van der Waals surface area contributed by atoms with E-state index >= 15 is 0 Å². The predicted octanol–water partition coefficient (Wildman–Crippen LogP) is 4.32. The van der Waals surface area contributed by atoms with Gasteiger partial charge in [0.2, 0.25) is 5.91 Å². The van der Waals surface area contributed by atoms with Crippen molar-refractivity contribution in [2.45, 2.75) is 11.9 Å². The van der Waals surface area contributed by atoms with Crippen molar-refractivity contribution in [2.24, 2.45) is 0 Å². The van der Waals surface area contributed by atoms with Crippen LogP contribution in [-0.2, 0) is 4.79 Å². The monoisotopic (exact) mass is 353 g/mol. The molecule has 0 bridgehead atoms. The Bertz CT molecular complexity index is 870. The van der Waals surface area contributed by atoms with Gasteiger partial charge in [0.1, 0.15) is 16.7 Å². The predicted molar refractivity (Wildman–Crippen MR) is 98.0 cm³/mol. The molecule has 1 N–H and O–H groups in total. The van der Waals surface area contributed by atoms with Gasteiger partial charge in [0, 0.05) is 11.3 Å². The van der Waals surface area contributed by atoms with Crippen molar-refractivity contribution in [1.82, 2.24) is 9.97 Å². The Kier molecular flexibility index (Phi) is 5.40. The Hall–Kier alpha value is -2.73. The van der Waals surface area contributed by atoms with Crippen LogP contribution >= 0.6 is 11.8 Å². The number of aryl methyl sites for hydroxylation is 1. The molecule has 1 amide bonds. The van der Waals surface area contributed by atoms with E-state index in [0.717, 1.165) is 16.3 Å². The first-order valence-electron chi connectivity index (χ1n) is 7.69. The van der Waals surface area contributed by atoms with Gasteiger partial charge in [0.05, 0.1) is 11.4 Å². The first-order valence-corrected chi connectivity index (χ1v) is 8.68. The van der Waals surface area contributed by atoms with E-state index in [2.05, 4.69) is 15.3 Å². The standard InChI is InChI=1S/C19H16FN3OS/c1-13-21-17(14-5-3-2-4-6-14)11-19(22-13)25-12-18(24)23-16-9-7-15(20)8-10-16/h2-11H,12H2,1H3,(H,23,24). The minimum Gasteiger partial charge on any atom is -0.325 e. The summed E-state index contributed by atoms with van der Waals surface area (Å²) in [5, 5.41) is 3.47. The summed E-state index contributed by atoms with van der Waals surface area (Å²) in [6.45, 7) is 1.83. The van der Waals surface area contributed by atoms with Crippen LogP contribution in [0, 0.1) is 12.7 Å². The van der Waals surface area contributed by atoms with E-state index < -0.39 is 0 Å². The summed E-state index contributed by atoms with van der Waals surface area (Å²) < 4.78 is 12.9. The molecular formula is C19H16FN3OS. The highest BCUT2D eigenvalue weighted by Crippen LogP contribution is 2.23. The number of hydrogen-bond acceptors (Lipinski definition) is 4. The molecule has 6 heteroatoms. The highest BCUT2D eigenvalue weighted by Gasteiger charge is 2.08. The molecule has 3 rings (SSSR count). The quantitative estimate of drug-likeness (QED) is 0.548. The maximum Gasteiger partial charge on any atom is 0.234 e. The number of amides is 1. The van der Waals surface area contributed by atoms with Crippen molar-refractivity contribution < 1.29 is 9.18 Å². The summed E-state index contributed by atoms with van der Waals surface area (Å²) in [5.74, 6) is 0.358. The second-order valence-corrected chi connectivity index (χ2v) is 6.34. The molecule has 0 aliphatic rings. The maximum absolute atomic E-state index is 12.9. The average Bonchev–Trinajstić information content (AvgIpc) is 2.62. The Labute approximate surface area is 149 Å². The molecular weight excluding hydrogens is 337 g/mol. The Morgan fingerprint density at radius 3 is 2.52 bits per heavy atom. The van der Waals surface area contributed by atoms with Gasteiger partial charge in [-0.25, -0.2) is 14.4 Å². The van der Waals surface area contributed by atoms with Crippen molar-refractivity contribution in [3.05, 3.63) is 72.3 Å². The van der Waals surface area contributed by atoms with Crippen LogP contribution in [0.5, 0.6) is 0 Å². The number of nitrogens with one attached hydrogen (secondary N) is 1. The van der Waals surface area contributed by atoms with Crippen molar-refractivity contribution in [3.63, 3.8) is 0 Å². The van der Waals surface area contributed by atoms with Crippen molar-refractivity contribution in [2.75, 3.05) is 11.1 Å². The van der Waals surface area contributed by atoms with E-state index in [1.165, 1.54) is 36.0 Å².